The predicted octanol–water partition coefficient (Wildman–Crippen LogP) is 3.75. The Morgan fingerprint density at radius 3 is 2.37 bits per heavy atom. The minimum absolute atomic E-state index is 0.0303. The molecule has 0 aliphatic heterocycles. The Morgan fingerprint density at radius 1 is 0.951 bits per heavy atom. The Hall–Kier alpha value is -5.26. The second kappa shape index (κ2) is 14.8. The van der Waals surface area contributed by atoms with Crippen molar-refractivity contribution in [2.24, 2.45) is 11.0 Å². The molecule has 0 bridgehead atoms. The van der Waals surface area contributed by atoms with Crippen LogP contribution in [-0.4, -0.2) is 50.2 Å². The number of carbonyl (C=O) groups is 4. The van der Waals surface area contributed by atoms with Gasteiger partial charge in [-0.05, 0) is 74.0 Å². The van der Waals surface area contributed by atoms with E-state index in [1.807, 2.05) is 0 Å². The normalized spacial score (nSPS) is 11.3. The van der Waals surface area contributed by atoms with Crippen LogP contribution in [0.1, 0.15) is 29.8 Å². The first-order valence-electron chi connectivity index (χ1n) is 12.5. The SMILES string of the molecule is CCOC(=O)c1ccc(NC(=O)COc2ccc(C=NNC(=O)C(C)C(=O)Nc3ccccc3F)cc2OC)cc1. The third kappa shape index (κ3) is 8.88. The molecule has 1 atom stereocenters. The van der Waals surface area contributed by atoms with Crippen molar-refractivity contribution in [3.8, 4) is 11.5 Å². The van der Waals surface area contributed by atoms with Crippen LogP contribution in [-0.2, 0) is 19.1 Å². The highest BCUT2D eigenvalue weighted by Crippen LogP contribution is 2.27. The summed E-state index contributed by atoms with van der Waals surface area (Å²) in [4.78, 5) is 48.6. The summed E-state index contributed by atoms with van der Waals surface area (Å²) in [6.45, 7) is 3.03. The number of hydrogen-bond acceptors (Lipinski definition) is 8. The second-order valence-corrected chi connectivity index (χ2v) is 8.47. The molecule has 0 fully saturated rings. The van der Waals surface area contributed by atoms with Gasteiger partial charge in [0, 0.05) is 5.69 Å². The molecule has 214 valence electrons. The number of halogens is 1. The molecule has 0 spiro atoms. The first kappa shape index (κ1) is 30.3. The molecule has 0 aliphatic carbocycles. The van der Waals surface area contributed by atoms with E-state index in [0.717, 1.165) is 0 Å². The van der Waals surface area contributed by atoms with Crippen LogP contribution < -0.4 is 25.5 Å². The van der Waals surface area contributed by atoms with Crippen LogP contribution in [0.25, 0.3) is 0 Å². The lowest BCUT2D eigenvalue weighted by atomic mass is 10.1. The van der Waals surface area contributed by atoms with Crippen LogP contribution in [0.2, 0.25) is 0 Å². The first-order valence-corrected chi connectivity index (χ1v) is 12.5. The van der Waals surface area contributed by atoms with Gasteiger partial charge in [-0.25, -0.2) is 14.6 Å². The van der Waals surface area contributed by atoms with Crippen LogP contribution >= 0.6 is 0 Å². The van der Waals surface area contributed by atoms with Crippen LogP contribution in [0.3, 0.4) is 0 Å². The number of anilines is 2. The maximum atomic E-state index is 13.7. The molecule has 0 aromatic heterocycles. The molecule has 3 amide bonds. The molecular formula is C29H29FN4O7. The number of methoxy groups -OCH3 is 1. The van der Waals surface area contributed by atoms with E-state index in [1.165, 1.54) is 38.4 Å². The Balaban J connectivity index is 1.50. The minimum Gasteiger partial charge on any atom is -0.493 e. The molecule has 0 heterocycles. The molecule has 3 rings (SSSR count). The molecule has 0 saturated carbocycles. The zero-order valence-corrected chi connectivity index (χ0v) is 22.6. The summed E-state index contributed by atoms with van der Waals surface area (Å²) in [5.41, 5.74) is 3.62. The Kier molecular flexibility index (Phi) is 10.9. The molecule has 0 saturated heterocycles. The summed E-state index contributed by atoms with van der Waals surface area (Å²) in [6, 6.07) is 16.6. The van der Waals surface area contributed by atoms with Gasteiger partial charge in [0.15, 0.2) is 18.1 Å². The highest BCUT2D eigenvalue weighted by molar-refractivity contribution is 6.06. The number of para-hydroxylation sites is 1. The fourth-order valence-corrected chi connectivity index (χ4v) is 3.32. The third-order valence-electron chi connectivity index (χ3n) is 5.53. The zero-order chi connectivity index (χ0) is 29.8. The zero-order valence-electron chi connectivity index (χ0n) is 22.6. The van der Waals surface area contributed by atoms with Crippen molar-refractivity contribution in [2.75, 3.05) is 31.0 Å². The van der Waals surface area contributed by atoms with Crippen LogP contribution in [0.4, 0.5) is 15.8 Å². The van der Waals surface area contributed by atoms with E-state index in [0.29, 0.717) is 28.3 Å². The number of nitrogens with zero attached hydrogens (tertiary/aromatic N) is 1. The maximum Gasteiger partial charge on any atom is 0.338 e. The topological polar surface area (TPSA) is 144 Å². The number of benzene rings is 3. The second-order valence-electron chi connectivity index (χ2n) is 8.47. The molecule has 41 heavy (non-hydrogen) atoms. The van der Waals surface area contributed by atoms with Crippen molar-refractivity contribution in [1.29, 1.82) is 0 Å². The molecule has 0 aliphatic rings. The number of carbonyl (C=O) groups excluding carboxylic acids is 4. The number of nitrogens with one attached hydrogen (secondary N) is 3. The van der Waals surface area contributed by atoms with Gasteiger partial charge in [0.2, 0.25) is 5.91 Å². The highest BCUT2D eigenvalue weighted by Gasteiger charge is 2.22. The Bertz CT molecular complexity index is 1430. The molecule has 3 aromatic rings. The summed E-state index contributed by atoms with van der Waals surface area (Å²) in [7, 11) is 1.42. The predicted molar refractivity (Wildman–Crippen MR) is 149 cm³/mol. The van der Waals surface area contributed by atoms with Gasteiger partial charge in [0.25, 0.3) is 11.8 Å². The summed E-state index contributed by atoms with van der Waals surface area (Å²) in [6.07, 6.45) is 1.33. The summed E-state index contributed by atoms with van der Waals surface area (Å²) >= 11 is 0. The summed E-state index contributed by atoms with van der Waals surface area (Å²) in [5.74, 6) is -3.42. The van der Waals surface area contributed by atoms with Gasteiger partial charge >= 0.3 is 5.97 Å². The molecule has 1 unspecified atom stereocenters. The largest absolute Gasteiger partial charge is 0.493 e. The van der Waals surface area contributed by atoms with Crippen molar-refractivity contribution >= 4 is 41.3 Å². The first-order chi connectivity index (χ1) is 19.7. The van der Waals surface area contributed by atoms with E-state index in [1.54, 1.807) is 55.5 Å². The number of esters is 1. The minimum atomic E-state index is -1.14. The van der Waals surface area contributed by atoms with Gasteiger partial charge < -0.3 is 24.8 Å². The summed E-state index contributed by atoms with van der Waals surface area (Å²) in [5, 5.41) is 8.88. The smallest absolute Gasteiger partial charge is 0.338 e. The van der Waals surface area contributed by atoms with Gasteiger partial charge in [0.1, 0.15) is 11.7 Å². The van der Waals surface area contributed by atoms with E-state index < -0.39 is 35.4 Å². The number of amides is 3. The van der Waals surface area contributed by atoms with Crippen LogP contribution in [0, 0.1) is 11.7 Å². The fraction of sp³-hybridized carbons (Fsp3) is 0.207. The Labute approximate surface area is 235 Å². The van der Waals surface area contributed by atoms with Crippen LogP contribution in [0.5, 0.6) is 11.5 Å². The molecule has 3 aromatic carbocycles. The van der Waals surface area contributed by atoms with Crippen molar-refractivity contribution in [3.63, 3.8) is 0 Å². The molecule has 3 N–H and O–H groups in total. The molecule has 11 nitrogen and oxygen atoms in total. The fourth-order valence-electron chi connectivity index (χ4n) is 3.32. The average Bonchev–Trinajstić information content (AvgIpc) is 2.97. The van der Waals surface area contributed by atoms with Gasteiger partial charge in [-0.1, -0.05) is 12.1 Å². The van der Waals surface area contributed by atoms with Crippen LogP contribution in [0.15, 0.2) is 71.8 Å². The van der Waals surface area contributed by atoms with Crippen molar-refractivity contribution in [1.82, 2.24) is 5.43 Å². The van der Waals surface area contributed by atoms with E-state index in [-0.39, 0.29) is 18.9 Å². The van der Waals surface area contributed by atoms with E-state index in [9.17, 15) is 23.6 Å². The van der Waals surface area contributed by atoms with E-state index in [2.05, 4.69) is 21.2 Å². The molecular weight excluding hydrogens is 535 g/mol. The molecule has 12 heteroatoms. The third-order valence-corrected chi connectivity index (χ3v) is 5.53. The van der Waals surface area contributed by atoms with Crippen molar-refractivity contribution in [2.45, 2.75) is 13.8 Å². The number of hydrazone groups is 1. The van der Waals surface area contributed by atoms with Gasteiger partial charge in [-0.3, -0.25) is 14.4 Å². The lowest BCUT2D eigenvalue weighted by Gasteiger charge is -2.12. The van der Waals surface area contributed by atoms with Crippen molar-refractivity contribution in [3.05, 3.63) is 83.7 Å². The van der Waals surface area contributed by atoms with Gasteiger partial charge in [-0.2, -0.15) is 5.10 Å². The van der Waals surface area contributed by atoms with E-state index in [4.69, 9.17) is 14.2 Å². The van der Waals surface area contributed by atoms with E-state index >= 15 is 0 Å². The summed E-state index contributed by atoms with van der Waals surface area (Å²) < 4.78 is 29.6. The van der Waals surface area contributed by atoms with Gasteiger partial charge in [0.05, 0.1) is 31.2 Å². The number of rotatable bonds is 12. The molecule has 0 radical (unpaired) electrons. The maximum absolute atomic E-state index is 13.7. The lowest BCUT2D eigenvalue weighted by Crippen LogP contribution is -2.34. The number of ether oxygens (including phenoxy) is 3. The van der Waals surface area contributed by atoms with Crippen molar-refractivity contribution < 1.29 is 37.8 Å². The highest BCUT2D eigenvalue weighted by atomic mass is 19.1. The Morgan fingerprint density at radius 2 is 1.68 bits per heavy atom. The monoisotopic (exact) mass is 564 g/mol. The standard InChI is InChI=1S/C29H29FN4O7/c1-4-40-29(38)20-10-12-21(13-11-20)32-26(35)17-41-24-14-9-19(15-25(24)39-3)16-31-34-28(37)18(2)27(36)33-23-8-6-5-7-22(23)30/h5-16,18H,4,17H2,1-3H3,(H,32,35)(H,33,36)(H,34,37). The number of hydrogen-bond donors (Lipinski definition) is 3. The lowest BCUT2D eigenvalue weighted by molar-refractivity contribution is -0.131. The quantitative estimate of drug-likeness (QED) is 0.132. The average molecular weight is 565 g/mol. The van der Waals surface area contributed by atoms with Gasteiger partial charge in [-0.15, -0.1) is 0 Å².